The van der Waals surface area contributed by atoms with Crippen LogP contribution in [0.4, 0.5) is 0 Å². The van der Waals surface area contributed by atoms with E-state index in [1.165, 1.54) is 0 Å². The Morgan fingerprint density at radius 2 is 1.88 bits per heavy atom. The number of nitrogens with zero attached hydrogens (tertiary/aromatic N) is 2. The van der Waals surface area contributed by atoms with Gasteiger partial charge in [-0.3, -0.25) is 9.97 Å². The zero-order chi connectivity index (χ0) is 11.4. The van der Waals surface area contributed by atoms with E-state index in [0.717, 1.165) is 23.5 Å². The molecule has 2 aromatic heterocycles. The largest absolute Gasteiger partial charge is 0.255 e. The molecule has 0 radical (unpaired) electrons. The fraction of sp³-hybridized carbons (Fsp3) is 0.286. The predicted octanol–water partition coefficient (Wildman–Crippen LogP) is 3.66. The molecule has 0 N–H and O–H groups in total. The lowest BCUT2D eigenvalue weighted by atomic mass is 10.0. The van der Waals surface area contributed by atoms with Gasteiger partial charge in [0.1, 0.15) is 0 Å². The van der Waals surface area contributed by atoms with Crippen molar-refractivity contribution in [2.75, 3.05) is 0 Å². The topological polar surface area (TPSA) is 25.8 Å². The molecule has 1 unspecified atom stereocenters. The van der Waals surface area contributed by atoms with Crippen molar-refractivity contribution in [3.05, 3.63) is 48.3 Å². The monoisotopic (exact) mass is 212 g/mol. The Labute approximate surface area is 96.4 Å². The lowest BCUT2D eigenvalue weighted by molar-refractivity contribution is 0.709. The van der Waals surface area contributed by atoms with Gasteiger partial charge in [-0.25, -0.2) is 0 Å². The summed E-state index contributed by atoms with van der Waals surface area (Å²) < 4.78 is 0. The molecule has 2 aromatic rings. The molecule has 0 saturated heterocycles. The van der Waals surface area contributed by atoms with Crippen molar-refractivity contribution >= 4 is 0 Å². The Morgan fingerprint density at radius 3 is 2.56 bits per heavy atom. The third-order valence-corrected chi connectivity index (χ3v) is 2.82. The summed E-state index contributed by atoms with van der Waals surface area (Å²) in [7, 11) is 0. The Balaban J connectivity index is 2.36. The molecule has 0 aliphatic rings. The molecule has 0 bridgehead atoms. The van der Waals surface area contributed by atoms with Crippen molar-refractivity contribution in [1.29, 1.82) is 0 Å². The number of aromatic nitrogens is 2. The summed E-state index contributed by atoms with van der Waals surface area (Å²) in [5, 5.41) is 0. The van der Waals surface area contributed by atoms with E-state index in [0.29, 0.717) is 5.92 Å². The molecule has 0 aliphatic carbocycles. The highest BCUT2D eigenvalue weighted by molar-refractivity contribution is 5.53. The highest BCUT2D eigenvalue weighted by atomic mass is 14.8. The average molecular weight is 212 g/mol. The van der Waals surface area contributed by atoms with E-state index in [4.69, 9.17) is 0 Å². The third kappa shape index (κ3) is 2.27. The van der Waals surface area contributed by atoms with Gasteiger partial charge in [0.05, 0.1) is 11.4 Å². The predicted molar refractivity (Wildman–Crippen MR) is 66.2 cm³/mol. The molecule has 2 rings (SSSR count). The maximum absolute atomic E-state index is 4.65. The molecule has 0 spiro atoms. The van der Waals surface area contributed by atoms with Crippen LogP contribution in [0.1, 0.15) is 31.9 Å². The van der Waals surface area contributed by atoms with Crippen LogP contribution >= 0.6 is 0 Å². The van der Waals surface area contributed by atoms with Crippen molar-refractivity contribution in [2.24, 2.45) is 0 Å². The summed E-state index contributed by atoms with van der Waals surface area (Å²) in [5.41, 5.74) is 3.04. The first-order valence-corrected chi connectivity index (χ1v) is 5.69. The Hall–Kier alpha value is -1.70. The number of hydrogen-bond donors (Lipinski definition) is 0. The van der Waals surface area contributed by atoms with Crippen LogP contribution in [-0.2, 0) is 0 Å². The van der Waals surface area contributed by atoms with Gasteiger partial charge >= 0.3 is 0 Å². The summed E-state index contributed by atoms with van der Waals surface area (Å²) in [5.74, 6) is 0.503. The third-order valence-electron chi connectivity index (χ3n) is 2.82. The van der Waals surface area contributed by atoms with Gasteiger partial charge in [-0.05, 0) is 36.6 Å². The molecule has 16 heavy (non-hydrogen) atoms. The molecule has 82 valence electrons. The smallest absolute Gasteiger partial charge is 0.0889 e. The molecule has 0 fully saturated rings. The maximum Gasteiger partial charge on any atom is 0.0889 e. The van der Waals surface area contributed by atoms with Crippen molar-refractivity contribution in [3.8, 4) is 11.4 Å². The van der Waals surface area contributed by atoms with Crippen molar-refractivity contribution in [3.63, 3.8) is 0 Å². The first kappa shape index (κ1) is 10.8. The molecule has 0 amide bonds. The van der Waals surface area contributed by atoms with E-state index >= 15 is 0 Å². The molecule has 1 atom stereocenters. The van der Waals surface area contributed by atoms with Gasteiger partial charge in [0.15, 0.2) is 0 Å². The van der Waals surface area contributed by atoms with Crippen LogP contribution in [0.15, 0.2) is 42.6 Å². The van der Waals surface area contributed by atoms with Crippen LogP contribution in [0.5, 0.6) is 0 Å². The van der Waals surface area contributed by atoms with Crippen LogP contribution in [0.25, 0.3) is 11.4 Å². The quantitative estimate of drug-likeness (QED) is 0.776. The summed E-state index contributed by atoms with van der Waals surface area (Å²) in [6.07, 6.45) is 2.91. The van der Waals surface area contributed by atoms with Crippen LogP contribution in [0, 0.1) is 0 Å². The average Bonchev–Trinajstić information content (AvgIpc) is 2.39. The minimum Gasteiger partial charge on any atom is -0.255 e. The van der Waals surface area contributed by atoms with Crippen LogP contribution in [0.3, 0.4) is 0 Å². The molecule has 2 nitrogen and oxygen atoms in total. The highest BCUT2D eigenvalue weighted by Crippen LogP contribution is 2.20. The summed E-state index contributed by atoms with van der Waals surface area (Å²) in [6.45, 7) is 4.38. The van der Waals surface area contributed by atoms with Crippen LogP contribution in [0.2, 0.25) is 0 Å². The fourth-order valence-electron chi connectivity index (χ4n) is 1.59. The van der Waals surface area contributed by atoms with Gasteiger partial charge in [0.2, 0.25) is 0 Å². The SMILES string of the molecule is CCC(C)c1cccc(-c2ccccn2)n1. The molecule has 0 aromatic carbocycles. The lowest BCUT2D eigenvalue weighted by Crippen LogP contribution is -1.97. The van der Waals surface area contributed by atoms with Crippen molar-refractivity contribution in [1.82, 2.24) is 9.97 Å². The second-order valence-corrected chi connectivity index (χ2v) is 3.97. The minimum absolute atomic E-state index is 0.503. The van der Waals surface area contributed by atoms with Gasteiger partial charge in [-0.15, -0.1) is 0 Å². The Morgan fingerprint density at radius 1 is 1.06 bits per heavy atom. The first-order chi connectivity index (χ1) is 7.81. The molecular formula is C14H16N2. The minimum atomic E-state index is 0.503. The number of pyridine rings is 2. The van der Waals surface area contributed by atoms with E-state index in [-0.39, 0.29) is 0 Å². The second kappa shape index (κ2) is 4.88. The first-order valence-electron chi connectivity index (χ1n) is 5.69. The van der Waals surface area contributed by atoms with E-state index in [9.17, 15) is 0 Å². The van der Waals surface area contributed by atoms with Gasteiger partial charge in [0.25, 0.3) is 0 Å². The van der Waals surface area contributed by atoms with Crippen LogP contribution < -0.4 is 0 Å². The highest BCUT2D eigenvalue weighted by Gasteiger charge is 2.06. The number of rotatable bonds is 3. The summed E-state index contributed by atoms with van der Waals surface area (Å²) >= 11 is 0. The molecule has 2 heteroatoms. The Bertz CT molecular complexity index is 451. The zero-order valence-electron chi connectivity index (χ0n) is 9.72. The van der Waals surface area contributed by atoms with Crippen LogP contribution in [-0.4, -0.2) is 9.97 Å². The van der Waals surface area contributed by atoms with Gasteiger partial charge in [-0.1, -0.05) is 26.0 Å². The van der Waals surface area contributed by atoms with Crippen molar-refractivity contribution < 1.29 is 0 Å². The second-order valence-electron chi connectivity index (χ2n) is 3.97. The molecular weight excluding hydrogens is 196 g/mol. The summed E-state index contributed by atoms with van der Waals surface area (Å²) in [6, 6.07) is 12.0. The van der Waals surface area contributed by atoms with E-state index < -0.39 is 0 Å². The van der Waals surface area contributed by atoms with Gasteiger partial charge in [0, 0.05) is 11.9 Å². The van der Waals surface area contributed by atoms with E-state index in [2.05, 4.69) is 35.9 Å². The van der Waals surface area contributed by atoms with Crippen molar-refractivity contribution in [2.45, 2.75) is 26.2 Å². The molecule has 2 heterocycles. The zero-order valence-corrected chi connectivity index (χ0v) is 9.72. The maximum atomic E-state index is 4.65. The molecule has 0 aliphatic heterocycles. The normalized spacial score (nSPS) is 12.4. The van der Waals surface area contributed by atoms with Gasteiger partial charge < -0.3 is 0 Å². The van der Waals surface area contributed by atoms with E-state index in [1.807, 2.05) is 24.3 Å². The Kier molecular flexibility index (Phi) is 3.30. The van der Waals surface area contributed by atoms with E-state index in [1.54, 1.807) is 6.20 Å². The summed E-state index contributed by atoms with van der Waals surface area (Å²) in [4.78, 5) is 8.96. The molecule has 0 saturated carbocycles. The number of hydrogen-bond acceptors (Lipinski definition) is 2. The fourth-order valence-corrected chi connectivity index (χ4v) is 1.59. The standard InChI is InChI=1S/C14H16N2/c1-3-11(2)12-8-6-9-14(16-12)13-7-4-5-10-15-13/h4-11H,3H2,1-2H3. The van der Waals surface area contributed by atoms with Gasteiger partial charge in [-0.2, -0.15) is 0 Å². The lowest BCUT2D eigenvalue weighted by Gasteiger charge is -2.09.